The van der Waals surface area contributed by atoms with E-state index in [0.29, 0.717) is 12.5 Å². The minimum Gasteiger partial charge on any atom is -0.323 e. The highest BCUT2D eigenvalue weighted by atomic mass is 31.2. The van der Waals surface area contributed by atoms with Crippen molar-refractivity contribution in [2.45, 2.75) is 39.0 Å². The SMILES string of the molecule is CCOP(=O)(/C=C/C1CCCCC1)c1ccccc1. The molecule has 2 rings (SSSR count). The highest BCUT2D eigenvalue weighted by Gasteiger charge is 2.22. The van der Waals surface area contributed by atoms with Crippen LogP contribution in [0.1, 0.15) is 39.0 Å². The van der Waals surface area contributed by atoms with Gasteiger partial charge in [0.2, 0.25) is 0 Å². The Hall–Kier alpha value is -0.850. The van der Waals surface area contributed by atoms with Gasteiger partial charge in [0.15, 0.2) is 0 Å². The van der Waals surface area contributed by atoms with Crippen LogP contribution in [0.2, 0.25) is 0 Å². The van der Waals surface area contributed by atoms with E-state index in [4.69, 9.17) is 4.52 Å². The maximum atomic E-state index is 12.9. The molecule has 0 spiro atoms. The molecule has 1 atom stereocenters. The van der Waals surface area contributed by atoms with Gasteiger partial charge in [0.1, 0.15) is 0 Å². The molecule has 1 fully saturated rings. The van der Waals surface area contributed by atoms with Gasteiger partial charge in [-0.2, -0.15) is 0 Å². The second-order valence-electron chi connectivity index (χ2n) is 5.09. The molecule has 1 aromatic carbocycles. The van der Waals surface area contributed by atoms with E-state index >= 15 is 0 Å². The Kier molecular flexibility index (Phi) is 5.42. The van der Waals surface area contributed by atoms with Crippen molar-refractivity contribution in [1.82, 2.24) is 0 Å². The van der Waals surface area contributed by atoms with Crippen molar-refractivity contribution in [2.24, 2.45) is 5.92 Å². The molecule has 1 aliphatic rings. The Bertz CT molecular complexity index is 447. The maximum Gasteiger partial charge on any atom is 0.253 e. The van der Waals surface area contributed by atoms with Crippen molar-refractivity contribution in [3.8, 4) is 0 Å². The lowest BCUT2D eigenvalue weighted by Gasteiger charge is -2.19. The van der Waals surface area contributed by atoms with E-state index in [2.05, 4.69) is 6.08 Å². The average Bonchev–Trinajstić information content (AvgIpc) is 2.48. The molecule has 1 unspecified atom stereocenters. The second-order valence-corrected chi connectivity index (χ2v) is 7.36. The van der Waals surface area contributed by atoms with Gasteiger partial charge >= 0.3 is 0 Å². The van der Waals surface area contributed by atoms with Crippen LogP contribution in [0.4, 0.5) is 0 Å². The normalized spacial score (nSPS) is 20.5. The summed E-state index contributed by atoms with van der Waals surface area (Å²) in [6, 6.07) is 9.54. The highest BCUT2D eigenvalue weighted by molar-refractivity contribution is 7.70. The van der Waals surface area contributed by atoms with Crippen molar-refractivity contribution in [1.29, 1.82) is 0 Å². The summed E-state index contributed by atoms with van der Waals surface area (Å²) in [5, 5.41) is 0.795. The smallest absolute Gasteiger partial charge is 0.253 e. The highest BCUT2D eigenvalue weighted by Crippen LogP contribution is 2.48. The lowest BCUT2D eigenvalue weighted by atomic mass is 9.90. The first-order chi connectivity index (χ1) is 9.24. The van der Waals surface area contributed by atoms with E-state index in [-0.39, 0.29) is 0 Å². The fraction of sp³-hybridized carbons (Fsp3) is 0.500. The van der Waals surface area contributed by atoms with Crippen molar-refractivity contribution < 1.29 is 9.09 Å². The largest absolute Gasteiger partial charge is 0.323 e. The first kappa shape index (κ1) is 14.6. The molecule has 0 N–H and O–H groups in total. The quantitative estimate of drug-likeness (QED) is 0.728. The summed E-state index contributed by atoms with van der Waals surface area (Å²) >= 11 is 0. The first-order valence-corrected chi connectivity index (χ1v) is 8.93. The number of rotatable bonds is 5. The number of hydrogen-bond acceptors (Lipinski definition) is 2. The minimum atomic E-state index is -2.82. The predicted molar refractivity (Wildman–Crippen MR) is 81.0 cm³/mol. The van der Waals surface area contributed by atoms with Crippen molar-refractivity contribution in [3.05, 3.63) is 42.2 Å². The molecule has 19 heavy (non-hydrogen) atoms. The number of hydrogen-bond donors (Lipinski definition) is 0. The van der Waals surface area contributed by atoms with Gasteiger partial charge in [0.25, 0.3) is 7.37 Å². The molecule has 3 heteroatoms. The van der Waals surface area contributed by atoms with Crippen LogP contribution in [0.15, 0.2) is 42.2 Å². The number of allylic oxidation sites excluding steroid dienone is 1. The van der Waals surface area contributed by atoms with Crippen LogP contribution < -0.4 is 5.30 Å². The van der Waals surface area contributed by atoms with Crippen molar-refractivity contribution in [2.75, 3.05) is 6.61 Å². The lowest BCUT2D eigenvalue weighted by Crippen LogP contribution is -2.07. The van der Waals surface area contributed by atoms with Gasteiger partial charge in [-0.05, 0) is 37.8 Å². The van der Waals surface area contributed by atoms with Crippen LogP contribution in [0, 0.1) is 5.92 Å². The molecule has 0 aliphatic heterocycles. The van der Waals surface area contributed by atoms with Crippen molar-refractivity contribution in [3.63, 3.8) is 0 Å². The molecular weight excluding hydrogens is 255 g/mol. The van der Waals surface area contributed by atoms with E-state index in [1.807, 2.05) is 43.1 Å². The molecule has 2 nitrogen and oxygen atoms in total. The molecule has 0 amide bonds. The molecule has 0 radical (unpaired) electrons. The zero-order chi connectivity index (χ0) is 13.6. The van der Waals surface area contributed by atoms with Crippen LogP contribution in [0.5, 0.6) is 0 Å². The van der Waals surface area contributed by atoms with E-state index in [1.165, 1.54) is 32.1 Å². The van der Waals surface area contributed by atoms with E-state index in [1.54, 1.807) is 0 Å². The minimum absolute atomic E-state index is 0.473. The Morgan fingerprint density at radius 1 is 1.21 bits per heavy atom. The molecule has 0 heterocycles. The number of benzene rings is 1. The summed E-state index contributed by atoms with van der Waals surface area (Å²) in [5.74, 6) is 2.41. The fourth-order valence-electron chi connectivity index (χ4n) is 2.59. The Balaban J connectivity index is 2.15. The second kappa shape index (κ2) is 7.07. The predicted octanol–water partition coefficient (Wildman–Crippen LogP) is 4.72. The average molecular weight is 278 g/mol. The first-order valence-electron chi connectivity index (χ1n) is 7.24. The summed E-state index contributed by atoms with van der Waals surface area (Å²) in [6.45, 7) is 2.37. The zero-order valence-electron chi connectivity index (χ0n) is 11.6. The van der Waals surface area contributed by atoms with Gasteiger partial charge < -0.3 is 4.52 Å². The van der Waals surface area contributed by atoms with Crippen molar-refractivity contribution >= 4 is 12.7 Å². The van der Waals surface area contributed by atoms with Crippen LogP contribution in [-0.4, -0.2) is 6.61 Å². The van der Waals surface area contributed by atoms with E-state index in [9.17, 15) is 4.57 Å². The van der Waals surface area contributed by atoms with E-state index in [0.717, 1.165) is 5.30 Å². The van der Waals surface area contributed by atoms with Gasteiger partial charge in [-0.15, -0.1) is 0 Å². The third-order valence-electron chi connectivity index (χ3n) is 3.64. The molecule has 1 saturated carbocycles. The van der Waals surface area contributed by atoms with Crippen LogP contribution in [0.25, 0.3) is 0 Å². The standard InChI is InChI=1S/C16H23O2P/c1-2-18-19(17,16-11-7-4-8-12-16)14-13-15-9-5-3-6-10-15/h4,7-8,11-15H,2-3,5-6,9-10H2,1H3/b14-13+. The maximum absolute atomic E-state index is 12.9. The molecule has 1 aromatic rings. The summed E-state index contributed by atoms with van der Waals surface area (Å²) in [4.78, 5) is 0. The Morgan fingerprint density at radius 3 is 2.53 bits per heavy atom. The Labute approximate surface area is 116 Å². The van der Waals surface area contributed by atoms with Gasteiger partial charge in [-0.1, -0.05) is 43.5 Å². The Morgan fingerprint density at radius 2 is 1.89 bits per heavy atom. The van der Waals surface area contributed by atoms with Crippen LogP contribution >= 0.6 is 7.37 Å². The third-order valence-corrected chi connectivity index (χ3v) is 5.87. The molecule has 0 bridgehead atoms. The van der Waals surface area contributed by atoms with Gasteiger partial charge in [-0.3, -0.25) is 4.57 Å². The van der Waals surface area contributed by atoms with Crippen LogP contribution in [-0.2, 0) is 9.09 Å². The third kappa shape index (κ3) is 4.06. The zero-order valence-corrected chi connectivity index (χ0v) is 12.5. The topological polar surface area (TPSA) is 26.3 Å². The summed E-state index contributed by atoms with van der Waals surface area (Å²) in [5.41, 5.74) is 0. The summed E-state index contributed by atoms with van der Waals surface area (Å²) in [7, 11) is -2.82. The monoisotopic (exact) mass is 278 g/mol. The molecule has 1 aliphatic carbocycles. The molecule has 0 saturated heterocycles. The molecule has 0 aromatic heterocycles. The molecule has 104 valence electrons. The lowest BCUT2D eigenvalue weighted by molar-refractivity contribution is 0.346. The van der Waals surface area contributed by atoms with Crippen LogP contribution in [0.3, 0.4) is 0 Å². The summed E-state index contributed by atoms with van der Waals surface area (Å²) < 4.78 is 18.5. The molecular formula is C16H23O2P. The van der Waals surface area contributed by atoms with E-state index < -0.39 is 7.37 Å². The van der Waals surface area contributed by atoms with Gasteiger partial charge in [0, 0.05) is 11.1 Å². The van der Waals surface area contributed by atoms with Gasteiger partial charge in [-0.25, -0.2) is 0 Å². The van der Waals surface area contributed by atoms with Gasteiger partial charge in [0.05, 0.1) is 6.61 Å². The summed E-state index contributed by atoms with van der Waals surface area (Å²) in [6.07, 6.45) is 8.49. The fourth-order valence-corrected chi connectivity index (χ4v) is 4.44.